The Kier molecular flexibility index (Phi) is 5.17. The third kappa shape index (κ3) is 3.55. The molecule has 1 aliphatic heterocycles. The fourth-order valence-electron chi connectivity index (χ4n) is 2.62. The molecule has 18 heavy (non-hydrogen) atoms. The number of ether oxygens (including phenoxy) is 1. The van der Waals surface area contributed by atoms with Gasteiger partial charge in [-0.25, -0.2) is 0 Å². The average molecular weight is 248 g/mol. The van der Waals surface area contributed by atoms with Crippen molar-refractivity contribution in [1.82, 2.24) is 10.2 Å². The Bertz CT molecular complexity index is 361. The predicted octanol–water partition coefficient (Wildman–Crippen LogP) is 2.02. The molecule has 3 nitrogen and oxygen atoms in total. The van der Waals surface area contributed by atoms with Gasteiger partial charge in [-0.1, -0.05) is 24.3 Å². The van der Waals surface area contributed by atoms with Crippen LogP contribution >= 0.6 is 0 Å². The van der Waals surface area contributed by atoms with Crippen LogP contribution in [0.15, 0.2) is 24.3 Å². The number of hydrogen-bond acceptors (Lipinski definition) is 3. The van der Waals surface area contributed by atoms with E-state index in [9.17, 15) is 0 Å². The zero-order chi connectivity index (χ0) is 12.8. The second-order valence-corrected chi connectivity index (χ2v) is 5.12. The number of benzene rings is 1. The fourth-order valence-corrected chi connectivity index (χ4v) is 2.62. The molecule has 0 aliphatic carbocycles. The second-order valence-electron chi connectivity index (χ2n) is 5.12. The third-order valence-electron chi connectivity index (χ3n) is 3.73. The molecule has 1 aromatic rings. The van der Waals surface area contributed by atoms with Gasteiger partial charge in [0.2, 0.25) is 0 Å². The fraction of sp³-hybridized carbons (Fsp3) is 0.600. The summed E-state index contributed by atoms with van der Waals surface area (Å²) in [5.74, 6) is 0. The summed E-state index contributed by atoms with van der Waals surface area (Å²) in [4.78, 5) is 2.46. The van der Waals surface area contributed by atoms with Crippen molar-refractivity contribution in [1.29, 1.82) is 0 Å². The van der Waals surface area contributed by atoms with Crippen molar-refractivity contribution in [3.63, 3.8) is 0 Å². The Morgan fingerprint density at radius 1 is 1.33 bits per heavy atom. The van der Waals surface area contributed by atoms with E-state index in [0.717, 1.165) is 13.1 Å². The van der Waals surface area contributed by atoms with E-state index < -0.39 is 0 Å². The van der Waals surface area contributed by atoms with Gasteiger partial charge in [0.25, 0.3) is 0 Å². The molecule has 0 bridgehead atoms. The van der Waals surface area contributed by atoms with Gasteiger partial charge in [0.1, 0.15) is 0 Å². The average Bonchev–Trinajstić information content (AvgIpc) is 2.42. The Balaban J connectivity index is 1.99. The van der Waals surface area contributed by atoms with Crippen LogP contribution in [0.1, 0.15) is 24.0 Å². The van der Waals surface area contributed by atoms with Crippen LogP contribution in [0.5, 0.6) is 0 Å². The van der Waals surface area contributed by atoms with Gasteiger partial charge in [0.05, 0.1) is 6.61 Å². The van der Waals surface area contributed by atoms with E-state index in [-0.39, 0.29) is 0 Å². The molecule has 1 aliphatic rings. The van der Waals surface area contributed by atoms with Gasteiger partial charge < -0.3 is 10.1 Å². The molecule has 1 saturated heterocycles. The van der Waals surface area contributed by atoms with Crippen molar-refractivity contribution in [3.8, 4) is 0 Å². The molecular formula is C15H24N2O. The lowest BCUT2D eigenvalue weighted by molar-refractivity contribution is 0.176. The first-order valence-corrected chi connectivity index (χ1v) is 6.78. The van der Waals surface area contributed by atoms with Crippen LogP contribution in [0, 0.1) is 0 Å². The lowest BCUT2D eigenvalue weighted by atomic mass is 10.0. The first-order chi connectivity index (χ1) is 8.81. The molecule has 0 saturated carbocycles. The van der Waals surface area contributed by atoms with Crippen molar-refractivity contribution >= 4 is 0 Å². The maximum atomic E-state index is 5.26. The lowest BCUT2D eigenvalue weighted by Crippen LogP contribution is -2.43. The largest absolute Gasteiger partial charge is 0.380 e. The highest BCUT2D eigenvalue weighted by Gasteiger charge is 2.18. The molecule has 100 valence electrons. The molecule has 3 heteroatoms. The van der Waals surface area contributed by atoms with Crippen LogP contribution in [0.4, 0.5) is 0 Å². The highest BCUT2D eigenvalue weighted by atomic mass is 16.5. The molecule has 2 rings (SSSR count). The summed E-state index contributed by atoms with van der Waals surface area (Å²) in [5, 5.41) is 3.47. The van der Waals surface area contributed by atoms with Gasteiger partial charge in [0, 0.05) is 26.2 Å². The number of likely N-dealkylation sites (N-methyl/N-ethyl adjacent to an activating group) is 1. The normalized spacial score (nSPS) is 20.3. The topological polar surface area (TPSA) is 24.5 Å². The van der Waals surface area contributed by atoms with Crippen molar-refractivity contribution in [2.24, 2.45) is 0 Å². The Morgan fingerprint density at radius 3 is 2.78 bits per heavy atom. The van der Waals surface area contributed by atoms with Crippen molar-refractivity contribution in [3.05, 3.63) is 35.4 Å². The van der Waals surface area contributed by atoms with E-state index in [0.29, 0.717) is 12.6 Å². The van der Waals surface area contributed by atoms with Crippen molar-refractivity contribution in [2.45, 2.75) is 32.0 Å². The zero-order valence-electron chi connectivity index (χ0n) is 11.5. The van der Waals surface area contributed by atoms with E-state index in [1.807, 2.05) is 0 Å². The minimum absolute atomic E-state index is 0.661. The number of methoxy groups -OCH3 is 1. The summed E-state index contributed by atoms with van der Waals surface area (Å²) in [6.45, 7) is 3.99. The molecular weight excluding hydrogens is 224 g/mol. The number of rotatable bonds is 5. The Labute approximate surface area is 110 Å². The van der Waals surface area contributed by atoms with Crippen LogP contribution in [0.2, 0.25) is 0 Å². The summed E-state index contributed by atoms with van der Waals surface area (Å²) >= 11 is 0. The highest BCUT2D eigenvalue weighted by Crippen LogP contribution is 2.16. The van der Waals surface area contributed by atoms with Crippen molar-refractivity contribution < 1.29 is 4.74 Å². The van der Waals surface area contributed by atoms with Crippen LogP contribution in [0.3, 0.4) is 0 Å². The number of nitrogens with zero attached hydrogens (tertiary/aromatic N) is 1. The number of piperidine rings is 1. The summed E-state index contributed by atoms with van der Waals surface area (Å²) in [6.07, 6.45) is 2.59. The maximum absolute atomic E-state index is 5.26. The van der Waals surface area contributed by atoms with Gasteiger partial charge in [-0.05, 0) is 37.6 Å². The highest BCUT2D eigenvalue weighted by molar-refractivity contribution is 5.26. The van der Waals surface area contributed by atoms with Crippen LogP contribution in [-0.4, -0.2) is 38.2 Å². The third-order valence-corrected chi connectivity index (χ3v) is 3.73. The van der Waals surface area contributed by atoms with Gasteiger partial charge in [-0.15, -0.1) is 0 Å². The Hall–Kier alpha value is -0.900. The van der Waals surface area contributed by atoms with Gasteiger partial charge in [0.15, 0.2) is 0 Å². The molecule has 1 N–H and O–H groups in total. The molecule has 1 unspecified atom stereocenters. The molecule has 0 radical (unpaired) electrons. The molecule has 1 atom stereocenters. The van der Waals surface area contributed by atoms with Crippen LogP contribution < -0.4 is 5.32 Å². The monoisotopic (exact) mass is 248 g/mol. The molecule has 1 heterocycles. The van der Waals surface area contributed by atoms with E-state index >= 15 is 0 Å². The van der Waals surface area contributed by atoms with E-state index in [2.05, 4.69) is 41.5 Å². The minimum Gasteiger partial charge on any atom is -0.380 e. The van der Waals surface area contributed by atoms with Crippen LogP contribution in [0.25, 0.3) is 0 Å². The standard InChI is InChI=1S/C15H24N2O/c1-17(15-8-5-9-16-10-15)11-13-6-3-4-7-14(13)12-18-2/h3-4,6-7,15-16H,5,8-12H2,1-2H3. The van der Waals surface area contributed by atoms with Gasteiger partial charge in [-0.3, -0.25) is 4.90 Å². The van der Waals surface area contributed by atoms with Gasteiger partial charge >= 0.3 is 0 Å². The zero-order valence-corrected chi connectivity index (χ0v) is 11.5. The summed E-state index contributed by atoms with van der Waals surface area (Å²) < 4.78 is 5.26. The van der Waals surface area contributed by atoms with Gasteiger partial charge in [-0.2, -0.15) is 0 Å². The molecule has 1 fully saturated rings. The van der Waals surface area contributed by atoms with Crippen molar-refractivity contribution in [2.75, 3.05) is 27.2 Å². The smallest absolute Gasteiger partial charge is 0.0716 e. The molecule has 0 aromatic heterocycles. The predicted molar refractivity (Wildman–Crippen MR) is 74.5 cm³/mol. The maximum Gasteiger partial charge on any atom is 0.0716 e. The quantitative estimate of drug-likeness (QED) is 0.863. The number of hydrogen-bond donors (Lipinski definition) is 1. The van der Waals surface area contributed by atoms with Crippen LogP contribution in [-0.2, 0) is 17.9 Å². The Morgan fingerprint density at radius 2 is 2.11 bits per heavy atom. The van der Waals surface area contributed by atoms with E-state index in [4.69, 9.17) is 4.74 Å². The first-order valence-electron chi connectivity index (χ1n) is 6.78. The molecule has 0 spiro atoms. The summed E-state index contributed by atoms with van der Waals surface area (Å²) in [5.41, 5.74) is 2.68. The minimum atomic E-state index is 0.661. The number of nitrogens with one attached hydrogen (secondary N) is 1. The summed E-state index contributed by atoms with van der Waals surface area (Å²) in [6, 6.07) is 9.23. The first kappa shape index (κ1) is 13.5. The summed E-state index contributed by atoms with van der Waals surface area (Å²) in [7, 11) is 3.98. The van der Waals surface area contributed by atoms with E-state index in [1.165, 1.54) is 30.5 Å². The second kappa shape index (κ2) is 6.88. The van der Waals surface area contributed by atoms with E-state index in [1.54, 1.807) is 7.11 Å². The molecule has 1 aromatic carbocycles. The molecule has 0 amide bonds. The SMILES string of the molecule is COCc1ccccc1CN(C)C1CCCNC1. The lowest BCUT2D eigenvalue weighted by Gasteiger charge is -2.32.